The standard InChI is InChI=1S/C28H33F3N4O3.ClH/c29-28(30,31)22-11-9-20(10-12-22)17-25(36)34-14-5-4-13-32-26(37)24-18-23(19-33-24)35(16-6-15-34)27(38)21-7-2-1-3-8-21;/h1-3,7-12,23-24,33H,4-6,13-19H2,(H,32,37);1H/t23-,24-;/m0./s1. The van der Waals surface area contributed by atoms with Gasteiger partial charge in [-0.2, -0.15) is 13.2 Å². The van der Waals surface area contributed by atoms with Crippen LogP contribution < -0.4 is 10.6 Å². The maximum atomic E-state index is 13.4. The van der Waals surface area contributed by atoms with Gasteiger partial charge in [0.2, 0.25) is 11.8 Å². The van der Waals surface area contributed by atoms with E-state index in [1.807, 2.05) is 18.2 Å². The Morgan fingerprint density at radius 3 is 2.31 bits per heavy atom. The molecule has 0 spiro atoms. The molecule has 212 valence electrons. The van der Waals surface area contributed by atoms with E-state index in [-0.39, 0.29) is 48.6 Å². The first kappa shape index (κ1) is 30.4. The smallest absolute Gasteiger partial charge is 0.355 e. The van der Waals surface area contributed by atoms with E-state index in [1.165, 1.54) is 12.1 Å². The van der Waals surface area contributed by atoms with Crippen molar-refractivity contribution in [3.8, 4) is 0 Å². The summed E-state index contributed by atoms with van der Waals surface area (Å²) >= 11 is 0. The molecule has 0 radical (unpaired) electrons. The quantitative estimate of drug-likeness (QED) is 0.594. The first-order chi connectivity index (χ1) is 18.2. The molecule has 2 aliphatic rings. The topological polar surface area (TPSA) is 81.8 Å². The molecule has 0 aliphatic carbocycles. The SMILES string of the molecule is Cl.O=C1NCCCCN(C(=O)Cc2ccc(C(F)(F)F)cc2)CCCN(C(=O)c2ccccc2)[C@@H]2CN[C@H]1C2. The molecule has 2 aromatic carbocycles. The number of carbonyl (C=O) groups is 3. The molecular formula is C28H34ClF3N4O3. The molecule has 4 rings (SSSR count). The summed E-state index contributed by atoms with van der Waals surface area (Å²) in [7, 11) is 0. The number of halogens is 4. The molecule has 2 saturated heterocycles. The predicted octanol–water partition coefficient (Wildman–Crippen LogP) is 3.67. The molecule has 2 bridgehead atoms. The maximum Gasteiger partial charge on any atom is 0.416 e. The summed E-state index contributed by atoms with van der Waals surface area (Å²) in [4.78, 5) is 42.7. The van der Waals surface area contributed by atoms with Gasteiger partial charge in [0.15, 0.2) is 0 Å². The van der Waals surface area contributed by atoms with Gasteiger partial charge in [0.1, 0.15) is 0 Å². The number of fused-ring (bicyclic) bond motifs is 2. The van der Waals surface area contributed by atoms with E-state index in [2.05, 4.69) is 10.6 Å². The number of hydrogen-bond donors (Lipinski definition) is 2. The third-order valence-electron chi connectivity index (χ3n) is 7.12. The van der Waals surface area contributed by atoms with Crippen molar-refractivity contribution < 1.29 is 27.6 Å². The normalized spacial score (nSPS) is 20.9. The van der Waals surface area contributed by atoms with Crippen molar-refractivity contribution in [3.05, 3.63) is 71.3 Å². The van der Waals surface area contributed by atoms with Crippen molar-refractivity contribution in [1.82, 2.24) is 20.4 Å². The fraction of sp³-hybridized carbons (Fsp3) is 0.464. The summed E-state index contributed by atoms with van der Waals surface area (Å²) in [5, 5.41) is 6.18. The Hall–Kier alpha value is -3.11. The minimum Gasteiger partial charge on any atom is -0.355 e. The van der Waals surface area contributed by atoms with E-state index in [0.717, 1.165) is 12.1 Å². The number of nitrogens with one attached hydrogen (secondary N) is 2. The van der Waals surface area contributed by atoms with E-state index < -0.39 is 11.7 Å². The zero-order valence-corrected chi connectivity index (χ0v) is 22.4. The summed E-state index contributed by atoms with van der Waals surface area (Å²) in [6.45, 7) is 2.29. The van der Waals surface area contributed by atoms with E-state index in [1.54, 1.807) is 21.9 Å². The molecule has 2 heterocycles. The second-order valence-electron chi connectivity index (χ2n) is 9.82. The largest absolute Gasteiger partial charge is 0.416 e. The molecule has 39 heavy (non-hydrogen) atoms. The van der Waals surface area contributed by atoms with Gasteiger partial charge in [-0.1, -0.05) is 30.3 Å². The summed E-state index contributed by atoms with van der Waals surface area (Å²) in [5.74, 6) is -0.385. The van der Waals surface area contributed by atoms with E-state index in [4.69, 9.17) is 0 Å². The minimum absolute atomic E-state index is 0. The van der Waals surface area contributed by atoms with Crippen LogP contribution in [-0.4, -0.2) is 72.3 Å². The number of benzene rings is 2. The highest BCUT2D eigenvalue weighted by Gasteiger charge is 2.35. The number of rotatable bonds is 3. The Balaban J connectivity index is 0.00000420. The summed E-state index contributed by atoms with van der Waals surface area (Å²) in [5.41, 5.74) is 0.330. The summed E-state index contributed by atoms with van der Waals surface area (Å²) in [6.07, 6.45) is -2.00. The molecule has 2 aliphatic heterocycles. The Bertz CT molecular complexity index is 1120. The average Bonchev–Trinajstić information content (AvgIpc) is 3.39. The van der Waals surface area contributed by atoms with Gasteiger partial charge in [0.25, 0.3) is 5.91 Å². The molecular weight excluding hydrogens is 533 g/mol. The van der Waals surface area contributed by atoms with Gasteiger partial charge in [0, 0.05) is 44.3 Å². The minimum atomic E-state index is -4.43. The van der Waals surface area contributed by atoms with E-state index >= 15 is 0 Å². The Morgan fingerprint density at radius 1 is 0.923 bits per heavy atom. The highest BCUT2D eigenvalue weighted by molar-refractivity contribution is 5.94. The lowest BCUT2D eigenvalue weighted by Gasteiger charge is -2.31. The molecule has 2 atom stereocenters. The molecule has 0 aromatic heterocycles. The Kier molecular flexibility index (Phi) is 10.8. The first-order valence-electron chi connectivity index (χ1n) is 13.0. The number of nitrogens with zero attached hydrogens (tertiary/aromatic N) is 2. The lowest BCUT2D eigenvalue weighted by atomic mass is 10.1. The number of carbonyl (C=O) groups excluding carboxylic acids is 3. The molecule has 7 nitrogen and oxygen atoms in total. The highest BCUT2D eigenvalue weighted by atomic mass is 35.5. The van der Waals surface area contributed by atoms with Crippen LogP contribution >= 0.6 is 12.4 Å². The van der Waals surface area contributed by atoms with Crippen molar-refractivity contribution in [1.29, 1.82) is 0 Å². The lowest BCUT2D eigenvalue weighted by Crippen LogP contribution is -2.44. The Labute approximate surface area is 232 Å². The van der Waals surface area contributed by atoms with Crippen molar-refractivity contribution in [3.63, 3.8) is 0 Å². The maximum absolute atomic E-state index is 13.4. The van der Waals surface area contributed by atoms with Crippen molar-refractivity contribution in [2.45, 2.75) is 50.4 Å². The van der Waals surface area contributed by atoms with Crippen molar-refractivity contribution in [2.24, 2.45) is 0 Å². The van der Waals surface area contributed by atoms with Gasteiger partial charge in [-0.15, -0.1) is 12.4 Å². The van der Waals surface area contributed by atoms with Crippen LogP contribution in [-0.2, 0) is 22.2 Å². The second kappa shape index (κ2) is 13.8. The summed E-state index contributed by atoms with van der Waals surface area (Å²) in [6, 6.07) is 13.1. The monoisotopic (exact) mass is 566 g/mol. The van der Waals surface area contributed by atoms with Crippen molar-refractivity contribution >= 4 is 30.1 Å². The number of hydrogen-bond acceptors (Lipinski definition) is 4. The van der Waals surface area contributed by atoms with Crippen LogP contribution in [0, 0.1) is 0 Å². The molecule has 0 unspecified atom stereocenters. The highest BCUT2D eigenvalue weighted by Crippen LogP contribution is 2.29. The fourth-order valence-electron chi connectivity index (χ4n) is 5.00. The van der Waals surface area contributed by atoms with Crippen molar-refractivity contribution in [2.75, 3.05) is 32.7 Å². The zero-order valence-electron chi connectivity index (χ0n) is 21.6. The molecule has 11 heteroatoms. The number of amides is 3. The van der Waals surface area contributed by atoms with Gasteiger partial charge in [-0.3, -0.25) is 14.4 Å². The fourth-order valence-corrected chi connectivity index (χ4v) is 5.00. The van der Waals surface area contributed by atoms with Gasteiger partial charge in [0.05, 0.1) is 18.0 Å². The van der Waals surface area contributed by atoms with Gasteiger partial charge >= 0.3 is 6.18 Å². The van der Waals surface area contributed by atoms with Crippen LogP contribution in [0.3, 0.4) is 0 Å². The van der Waals surface area contributed by atoms with Gasteiger partial charge in [-0.05, 0) is 55.5 Å². The summed E-state index contributed by atoms with van der Waals surface area (Å²) < 4.78 is 38.7. The third-order valence-corrected chi connectivity index (χ3v) is 7.12. The van der Waals surface area contributed by atoms with Crippen LogP contribution in [0.1, 0.15) is 47.2 Å². The van der Waals surface area contributed by atoms with Crippen LogP contribution in [0.15, 0.2) is 54.6 Å². The lowest BCUT2D eigenvalue weighted by molar-refractivity contribution is -0.137. The van der Waals surface area contributed by atoms with Crippen LogP contribution in [0.5, 0.6) is 0 Å². The van der Waals surface area contributed by atoms with Crippen LogP contribution in [0.25, 0.3) is 0 Å². The number of alkyl halides is 3. The zero-order chi connectivity index (χ0) is 27.1. The van der Waals surface area contributed by atoms with Crippen LogP contribution in [0.2, 0.25) is 0 Å². The first-order valence-corrected chi connectivity index (χ1v) is 13.0. The average molecular weight is 567 g/mol. The van der Waals surface area contributed by atoms with Gasteiger partial charge < -0.3 is 20.4 Å². The molecule has 2 fully saturated rings. The van der Waals surface area contributed by atoms with E-state index in [0.29, 0.717) is 69.5 Å². The second-order valence-corrected chi connectivity index (χ2v) is 9.82. The molecule has 2 aromatic rings. The molecule has 2 N–H and O–H groups in total. The van der Waals surface area contributed by atoms with Crippen LogP contribution in [0.4, 0.5) is 13.2 Å². The Morgan fingerprint density at radius 2 is 1.62 bits per heavy atom. The third kappa shape index (κ3) is 8.19. The van der Waals surface area contributed by atoms with E-state index in [9.17, 15) is 27.6 Å². The van der Waals surface area contributed by atoms with Gasteiger partial charge in [-0.25, -0.2) is 0 Å². The predicted molar refractivity (Wildman–Crippen MR) is 144 cm³/mol. The molecule has 0 saturated carbocycles. The molecule has 3 amide bonds.